The summed E-state index contributed by atoms with van der Waals surface area (Å²) in [5, 5.41) is 7.52. The topological polar surface area (TPSA) is 33.1 Å². The number of nitrogens with zero attached hydrogens (tertiary/aromatic N) is 3. The molecule has 0 amide bonds. The molecular weight excluding hydrogens is 188 g/mol. The number of piperazine rings is 1. The Kier molecular flexibility index (Phi) is 3.53. The zero-order chi connectivity index (χ0) is 10.5. The molecule has 15 heavy (non-hydrogen) atoms. The molecule has 1 aliphatic heterocycles. The Balaban J connectivity index is 1.84. The summed E-state index contributed by atoms with van der Waals surface area (Å²) in [6, 6.07) is 2.06. The molecule has 0 aromatic carbocycles. The number of aromatic nitrogens is 2. The summed E-state index contributed by atoms with van der Waals surface area (Å²) in [7, 11) is 0. The first-order chi connectivity index (χ1) is 7.40. The first-order valence-corrected chi connectivity index (χ1v) is 5.48. The molecule has 0 spiro atoms. The molecule has 0 radical (unpaired) electrons. The van der Waals surface area contributed by atoms with Gasteiger partial charge in [0.2, 0.25) is 0 Å². The minimum Gasteiger partial charge on any atom is -0.314 e. The fourth-order valence-corrected chi connectivity index (χ4v) is 1.91. The lowest BCUT2D eigenvalue weighted by Gasteiger charge is -2.26. The summed E-state index contributed by atoms with van der Waals surface area (Å²) in [6.45, 7) is 9.38. The van der Waals surface area contributed by atoms with E-state index in [0.717, 1.165) is 39.1 Å². The van der Waals surface area contributed by atoms with Crippen molar-refractivity contribution in [2.45, 2.75) is 6.42 Å². The number of rotatable bonds is 4. The van der Waals surface area contributed by atoms with Crippen LogP contribution in [0.5, 0.6) is 0 Å². The maximum absolute atomic E-state index is 4.17. The smallest absolute Gasteiger partial charge is 0.0496 e. The van der Waals surface area contributed by atoms with Crippen LogP contribution in [-0.2, 0) is 6.42 Å². The minimum absolute atomic E-state index is 1.05. The average molecular weight is 206 g/mol. The van der Waals surface area contributed by atoms with Crippen LogP contribution in [0.2, 0.25) is 0 Å². The van der Waals surface area contributed by atoms with Gasteiger partial charge in [0.1, 0.15) is 0 Å². The van der Waals surface area contributed by atoms with Gasteiger partial charge in [-0.3, -0.25) is 0 Å². The van der Waals surface area contributed by atoms with E-state index in [9.17, 15) is 0 Å². The van der Waals surface area contributed by atoms with E-state index in [1.807, 2.05) is 10.9 Å². The van der Waals surface area contributed by atoms with Crippen molar-refractivity contribution in [2.24, 2.45) is 0 Å². The predicted molar refractivity (Wildman–Crippen MR) is 61.6 cm³/mol. The molecule has 4 nitrogen and oxygen atoms in total. The molecule has 1 aromatic heterocycles. The van der Waals surface area contributed by atoms with Crippen molar-refractivity contribution in [3.8, 4) is 0 Å². The second-order valence-electron chi connectivity index (χ2n) is 3.79. The van der Waals surface area contributed by atoms with Gasteiger partial charge >= 0.3 is 0 Å². The van der Waals surface area contributed by atoms with Gasteiger partial charge in [0.05, 0.1) is 0 Å². The van der Waals surface area contributed by atoms with Gasteiger partial charge in [-0.05, 0) is 6.07 Å². The Morgan fingerprint density at radius 1 is 1.47 bits per heavy atom. The first kappa shape index (κ1) is 10.4. The number of hydrogen-bond acceptors (Lipinski definition) is 3. The van der Waals surface area contributed by atoms with Gasteiger partial charge in [-0.1, -0.05) is 6.58 Å². The van der Waals surface area contributed by atoms with Gasteiger partial charge in [0.25, 0.3) is 0 Å². The zero-order valence-corrected chi connectivity index (χ0v) is 9.02. The summed E-state index contributed by atoms with van der Waals surface area (Å²) in [6.07, 6.45) is 4.63. The molecule has 0 unspecified atom stereocenters. The standard InChI is InChI=1S/C11H18N4/c1-2-15-11(3-5-13-15)4-8-14-9-6-12-7-10-14/h2-3,5,12H,1,4,6-10H2. The third-order valence-electron chi connectivity index (χ3n) is 2.82. The van der Waals surface area contributed by atoms with E-state index in [4.69, 9.17) is 0 Å². The number of nitrogens with one attached hydrogen (secondary N) is 1. The fraction of sp³-hybridized carbons (Fsp3) is 0.545. The second kappa shape index (κ2) is 5.09. The van der Waals surface area contributed by atoms with Crippen LogP contribution >= 0.6 is 0 Å². The van der Waals surface area contributed by atoms with E-state index < -0.39 is 0 Å². The SMILES string of the molecule is C=Cn1nccc1CCN1CCNCC1. The monoisotopic (exact) mass is 206 g/mol. The van der Waals surface area contributed by atoms with Crippen molar-refractivity contribution in [3.05, 3.63) is 24.5 Å². The van der Waals surface area contributed by atoms with Crippen molar-refractivity contribution in [3.63, 3.8) is 0 Å². The quantitative estimate of drug-likeness (QED) is 0.775. The summed E-state index contributed by atoms with van der Waals surface area (Å²) < 4.78 is 1.85. The Morgan fingerprint density at radius 3 is 3.00 bits per heavy atom. The molecule has 82 valence electrons. The van der Waals surface area contributed by atoms with Crippen molar-refractivity contribution < 1.29 is 0 Å². The lowest BCUT2D eigenvalue weighted by Crippen LogP contribution is -2.44. The van der Waals surface area contributed by atoms with Gasteiger partial charge in [0.15, 0.2) is 0 Å². The summed E-state index contributed by atoms with van der Waals surface area (Å²) in [4.78, 5) is 2.48. The van der Waals surface area contributed by atoms with Gasteiger partial charge in [-0.15, -0.1) is 0 Å². The van der Waals surface area contributed by atoms with Gasteiger partial charge in [0, 0.05) is 57.2 Å². The van der Waals surface area contributed by atoms with E-state index >= 15 is 0 Å². The van der Waals surface area contributed by atoms with Crippen LogP contribution in [0, 0.1) is 0 Å². The molecule has 0 aliphatic carbocycles. The molecule has 2 rings (SSSR count). The van der Waals surface area contributed by atoms with Crippen molar-refractivity contribution in [2.75, 3.05) is 32.7 Å². The fourth-order valence-electron chi connectivity index (χ4n) is 1.91. The maximum atomic E-state index is 4.17. The molecule has 1 aromatic rings. The normalized spacial score (nSPS) is 17.9. The van der Waals surface area contributed by atoms with Crippen molar-refractivity contribution in [1.29, 1.82) is 0 Å². The zero-order valence-electron chi connectivity index (χ0n) is 9.02. The molecule has 1 fully saturated rings. The van der Waals surface area contributed by atoms with Gasteiger partial charge < -0.3 is 10.2 Å². The average Bonchev–Trinajstić information content (AvgIpc) is 2.75. The molecule has 1 saturated heterocycles. The minimum atomic E-state index is 1.05. The van der Waals surface area contributed by atoms with E-state index in [1.54, 1.807) is 6.20 Å². The molecule has 0 bridgehead atoms. The summed E-state index contributed by atoms with van der Waals surface area (Å²) >= 11 is 0. The van der Waals surface area contributed by atoms with E-state index in [0.29, 0.717) is 0 Å². The predicted octanol–water partition coefficient (Wildman–Crippen LogP) is 0.431. The van der Waals surface area contributed by atoms with E-state index in [1.165, 1.54) is 5.69 Å². The lowest BCUT2D eigenvalue weighted by molar-refractivity contribution is 0.243. The number of hydrogen-bond donors (Lipinski definition) is 1. The second-order valence-corrected chi connectivity index (χ2v) is 3.79. The maximum Gasteiger partial charge on any atom is 0.0496 e. The highest BCUT2D eigenvalue weighted by atomic mass is 15.3. The Bertz CT molecular complexity index is 312. The highest BCUT2D eigenvalue weighted by molar-refractivity contribution is 5.19. The largest absolute Gasteiger partial charge is 0.314 e. The third kappa shape index (κ3) is 2.67. The van der Waals surface area contributed by atoms with Gasteiger partial charge in [-0.2, -0.15) is 5.10 Å². The van der Waals surface area contributed by atoms with Crippen molar-refractivity contribution >= 4 is 6.20 Å². The Labute approximate surface area is 90.6 Å². The highest BCUT2D eigenvalue weighted by Crippen LogP contribution is 2.02. The molecule has 0 saturated carbocycles. The molecule has 0 atom stereocenters. The van der Waals surface area contributed by atoms with Crippen LogP contribution in [0.3, 0.4) is 0 Å². The van der Waals surface area contributed by atoms with Crippen LogP contribution in [-0.4, -0.2) is 47.4 Å². The lowest BCUT2D eigenvalue weighted by atomic mass is 10.2. The Morgan fingerprint density at radius 2 is 2.27 bits per heavy atom. The molecule has 2 heterocycles. The molecule has 1 N–H and O–H groups in total. The summed E-state index contributed by atoms with van der Waals surface area (Å²) in [5.41, 5.74) is 1.24. The molecule has 4 heteroatoms. The van der Waals surface area contributed by atoms with Crippen LogP contribution < -0.4 is 5.32 Å². The molecular formula is C11H18N4. The molecule has 1 aliphatic rings. The van der Waals surface area contributed by atoms with Crippen LogP contribution in [0.15, 0.2) is 18.8 Å². The third-order valence-corrected chi connectivity index (χ3v) is 2.82. The Hall–Kier alpha value is -1.13. The highest BCUT2D eigenvalue weighted by Gasteiger charge is 2.09. The first-order valence-electron chi connectivity index (χ1n) is 5.48. The van der Waals surface area contributed by atoms with E-state index in [2.05, 4.69) is 28.0 Å². The van der Waals surface area contributed by atoms with Crippen LogP contribution in [0.1, 0.15) is 5.69 Å². The van der Waals surface area contributed by atoms with Crippen LogP contribution in [0.4, 0.5) is 0 Å². The van der Waals surface area contributed by atoms with Crippen LogP contribution in [0.25, 0.3) is 6.20 Å². The van der Waals surface area contributed by atoms with E-state index in [-0.39, 0.29) is 0 Å². The van der Waals surface area contributed by atoms with Crippen molar-refractivity contribution in [1.82, 2.24) is 20.0 Å². The summed E-state index contributed by atoms with van der Waals surface area (Å²) in [5.74, 6) is 0. The van der Waals surface area contributed by atoms with Gasteiger partial charge in [-0.25, -0.2) is 4.68 Å².